The van der Waals surface area contributed by atoms with Crippen LogP contribution in [0.1, 0.15) is 12.5 Å². The van der Waals surface area contributed by atoms with E-state index in [0.29, 0.717) is 17.5 Å². The van der Waals surface area contributed by atoms with Crippen molar-refractivity contribution in [3.63, 3.8) is 0 Å². The maximum atomic E-state index is 12.5. The topological polar surface area (TPSA) is 67.2 Å². The van der Waals surface area contributed by atoms with Crippen molar-refractivity contribution in [3.05, 3.63) is 48.0 Å². The van der Waals surface area contributed by atoms with Crippen molar-refractivity contribution in [2.75, 3.05) is 31.9 Å². The third-order valence-corrected chi connectivity index (χ3v) is 6.06. The number of tetrazole rings is 1. The van der Waals surface area contributed by atoms with Crippen molar-refractivity contribution in [2.24, 2.45) is 0 Å². The van der Waals surface area contributed by atoms with Crippen LogP contribution in [-0.4, -0.2) is 67.8 Å². The first kappa shape index (κ1) is 18.9. The second kappa shape index (κ2) is 8.70. The number of amides is 1. The van der Waals surface area contributed by atoms with Gasteiger partial charge in [-0.25, -0.2) is 4.68 Å². The predicted octanol–water partition coefficient (Wildman–Crippen LogP) is 2.28. The molecule has 1 fully saturated rings. The second-order valence-corrected chi connectivity index (χ2v) is 7.80. The largest absolute Gasteiger partial charge is 0.339 e. The molecule has 2 aromatic carbocycles. The maximum absolute atomic E-state index is 12.5. The van der Waals surface area contributed by atoms with E-state index in [0.717, 1.165) is 32.7 Å². The highest BCUT2D eigenvalue weighted by Gasteiger charge is 2.22. The van der Waals surface area contributed by atoms with E-state index in [2.05, 4.69) is 62.9 Å². The summed E-state index contributed by atoms with van der Waals surface area (Å²) in [4.78, 5) is 16.9. The highest BCUT2D eigenvalue weighted by atomic mass is 32.2. The first-order chi connectivity index (χ1) is 13.7. The lowest BCUT2D eigenvalue weighted by Gasteiger charge is -2.35. The highest BCUT2D eigenvalue weighted by molar-refractivity contribution is 7.99. The molecule has 4 rings (SSSR count). The molecule has 0 saturated carbocycles. The first-order valence-corrected chi connectivity index (χ1v) is 10.6. The molecule has 0 atom stereocenters. The number of aryl methyl sites for hydroxylation is 1. The summed E-state index contributed by atoms with van der Waals surface area (Å²) in [5.41, 5.74) is 1.35. The molecule has 1 saturated heterocycles. The predicted molar refractivity (Wildman–Crippen MR) is 110 cm³/mol. The summed E-state index contributed by atoms with van der Waals surface area (Å²) in [6, 6.07) is 15.0. The molecule has 1 amide bonds. The molecular formula is C20H24N6OS. The van der Waals surface area contributed by atoms with Crippen LogP contribution in [0.2, 0.25) is 0 Å². The third-order valence-electron chi connectivity index (χ3n) is 5.12. The monoisotopic (exact) mass is 396 g/mol. The van der Waals surface area contributed by atoms with Gasteiger partial charge in [0, 0.05) is 39.3 Å². The minimum Gasteiger partial charge on any atom is -0.339 e. The summed E-state index contributed by atoms with van der Waals surface area (Å²) in [6.45, 7) is 6.93. The average molecular weight is 397 g/mol. The molecular weight excluding hydrogens is 372 g/mol. The molecule has 28 heavy (non-hydrogen) atoms. The Labute approximate surface area is 168 Å². The number of hydrogen-bond acceptors (Lipinski definition) is 6. The Morgan fingerprint density at radius 1 is 1.07 bits per heavy atom. The summed E-state index contributed by atoms with van der Waals surface area (Å²) in [5.74, 6) is 0.532. The number of hydrogen-bond donors (Lipinski definition) is 0. The van der Waals surface area contributed by atoms with Crippen molar-refractivity contribution < 1.29 is 4.79 Å². The number of rotatable bonds is 6. The Balaban J connectivity index is 1.30. The number of aromatic nitrogens is 4. The molecule has 1 aromatic heterocycles. The van der Waals surface area contributed by atoms with E-state index in [1.54, 1.807) is 4.68 Å². The van der Waals surface area contributed by atoms with Gasteiger partial charge in [0.2, 0.25) is 11.1 Å². The number of piperazine rings is 1. The second-order valence-electron chi connectivity index (χ2n) is 6.86. The summed E-state index contributed by atoms with van der Waals surface area (Å²) in [5, 5.41) is 14.8. The van der Waals surface area contributed by atoms with E-state index in [9.17, 15) is 4.79 Å². The van der Waals surface area contributed by atoms with Crippen molar-refractivity contribution in [1.82, 2.24) is 30.0 Å². The van der Waals surface area contributed by atoms with E-state index in [1.807, 2.05) is 11.8 Å². The van der Waals surface area contributed by atoms with E-state index in [4.69, 9.17) is 0 Å². The molecule has 1 aliphatic rings. The van der Waals surface area contributed by atoms with Gasteiger partial charge in [-0.3, -0.25) is 9.69 Å². The zero-order chi connectivity index (χ0) is 19.3. The molecule has 7 nitrogen and oxygen atoms in total. The lowest BCUT2D eigenvalue weighted by atomic mass is 10.0. The Kier molecular flexibility index (Phi) is 5.87. The quantitative estimate of drug-likeness (QED) is 0.596. The Morgan fingerprint density at radius 3 is 2.68 bits per heavy atom. The van der Waals surface area contributed by atoms with Gasteiger partial charge in [-0.2, -0.15) is 0 Å². The molecule has 8 heteroatoms. The van der Waals surface area contributed by atoms with Crippen LogP contribution in [0.4, 0.5) is 0 Å². The summed E-state index contributed by atoms with van der Waals surface area (Å²) in [6.07, 6.45) is 0. The number of carbonyl (C=O) groups excluding carboxylic acids is 1. The van der Waals surface area contributed by atoms with Crippen LogP contribution in [-0.2, 0) is 17.9 Å². The fraction of sp³-hybridized carbons (Fsp3) is 0.400. The van der Waals surface area contributed by atoms with Crippen molar-refractivity contribution >= 4 is 28.4 Å². The van der Waals surface area contributed by atoms with Crippen LogP contribution in [0.25, 0.3) is 10.8 Å². The van der Waals surface area contributed by atoms with Crippen LogP contribution in [0, 0.1) is 0 Å². The molecule has 0 N–H and O–H groups in total. The van der Waals surface area contributed by atoms with Crippen LogP contribution in [0.15, 0.2) is 47.6 Å². The van der Waals surface area contributed by atoms with Crippen LogP contribution in [0.3, 0.4) is 0 Å². The Bertz CT molecular complexity index is 945. The van der Waals surface area contributed by atoms with Gasteiger partial charge in [0.25, 0.3) is 0 Å². The number of benzene rings is 2. The standard InChI is InChI=1S/C20H24N6OS/c1-2-26-20(21-22-23-26)28-15-19(27)25-12-10-24(11-13-25)14-17-8-5-7-16-6-3-4-9-18(16)17/h3-9H,2,10-15H2,1H3. The normalized spacial score (nSPS) is 15.2. The molecule has 146 valence electrons. The van der Waals surface area contributed by atoms with Gasteiger partial charge in [0.1, 0.15) is 0 Å². The highest BCUT2D eigenvalue weighted by Crippen LogP contribution is 2.21. The fourth-order valence-corrected chi connectivity index (χ4v) is 4.39. The molecule has 1 aliphatic heterocycles. The van der Waals surface area contributed by atoms with Gasteiger partial charge in [-0.15, -0.1) is 5.10 Å². The lowest BCUT2D eigenvalue weighted by Crippen LogP contribution is -2.48. The number of thioether (sulfide) groups is 1. The SMILES string of the molecule is CCn1nnnc1SCC(=O)N1CCN(Cc2cccc3ccccc23)CC1. The number of fused-ring (bicyclic) bond motifs is 1. The van der Waals surface area contributed by atoms with Gasteiger partial charge in [0.05, 0.1) is 5.75 Å². The van der Waals surface area contributed by atoms with E-state index >= 15 is 0 Å². The molecule has 0 bridgehead atoms. The van der Waals surface area contributed by atoms with Gasteiger partial charge >= 0.3 is 0 Å². The average Bonchev–Trinajstić information content (AvgIpc) is 3.20. The molecule has 0 spiro atoms. The Morgan fingerprint density at radius 2 is 1.86 bits per heavy atom. The van der Waals surface area contributed by atoms with Gasteiger partial charge < -0.3 is 4.90 Å². The van der Waals surface area contributed by atoms with Gasteiger partial charge in [0.15, 0.2) is 0 Å². The number of nitrogens with zero attached hydrogens (tertiary/aromatic N) is 6. The molecule has 2 heterocycles. The number of carbonyl (C=O) groups is 1. The van der Waals surface area contributed by atoms with Crippen LogP contribution < -0.4 is 0 Å². The molecule has 0 aliphatic carbocycles. The van der Waals surface area contributed by atoms with Gasteiger partial charge in [-0.1, -0.05) is 54.2 Å². The van der Waals surface area contributed by atoms with Crippen LogP contribution >= 0.6 is 11.8 Å². The lowest BCUT2D eigenvalue weighted by molar-refractivity contribution is -0.130. The van der Waals surface area contributed by atoms with Gasteiger partial charge in [-0.05, 0) is 33.7 Å². The van der Waals surface area contributed by atoms with Crippen molar-refractivity contribution in [3.8, 4) is 0 Å². The van der Waals surface area contributed by atoms with E-state index in [-0.39, 0.29) is 5.91 Å². The molecule has 0 unspecified atom stereocenters. The summed E-state index contributed by atoms with van der Waals surface area (Å²) in [7, 11) is 0. The van der Waals surface area contributed by atoms with Crippen molar-refractivity contribution in [2.45, 2.75) is 25.2 Å². The molecule has 3 aromatic rings. The zero-order valence-electron chi connectivity index (χ0n) is 16.0. The first-order valence-electron chi connectivity index (χ1n) is 9.60. The third kappa shape index (κ3) is 4.18. The smallest absolute Gasteiger partial charge is 0.233 e. The van der Waals surface area contributed by atoms with Crippen molar-refractivity contribution in [1.29, 1.82) is 0 Å². The van der Waals surface area contributed by atoms with E-state index < -0.39 is 0 Å². The summed E-state index contributed by atoms with van der Waals surface area (Å²) >= 11 is 1.41. The fourth-order valence-electron chi connectivity index (χ4n) is 3.54. The molecule has 0 radical (unpaired) electrons. The summed E-state index contributed by atoms with van der Waals surface area (Å²) < 4.78 is 1.71. The maximum Gasteiger partial charge on any atom is 0.233 e. The minimum absolute atomic E-state index is 0.153. The minimum atomic E-state index is 0.153. The Hall–Kier alpha value is -2.45. The van der Waals surface area contributed by atoms with Crippen LogP contribution in [0.5, 0.6) is 0 Å². The van der Waals surface area contributed by atoms with E-state index in [1.165, 1.54) is 28.1 Å². The zero-order valence-corrected chi connectivity index (χ0v) is 16.8.